The molecule has 0 bridgehead atoms. The highest BCUT2D eigenvalue weighted by Gasteiger charge is 2.53. The van der Waals surface area contributed by atoms with Crippen LogP contribution in [0.5, 0.6) is 5.75 Å². The van der Waals surface area contributed by atoms with Crippen molar-refractivity contribution in [2.75, 3.05) is 12.4 Å². The van der Waals surface area contributed by atoms with E-state index in [-0.39, 0.29) is 29.4 Å². The van der Waals surface area contributed by atoms with Crippen LogP contribution in [0.15, 0.2) is 35.5 Å². The molecule has 0 saturated carbocycles. The fraction of sp³-hybridized carbons (Fsp3) is 0.333. The average molecular weight is 423 g/mol. The van der Waals surface area contributed by atoms with Crippen LogP contribution in [0, 0.1) is 5.41 Å². The molecule has 1 fully saturated rings. The number of hydrogen-bond acceptors (Lipinski definition) is 6. The topological polar surface area (TPSA) is 112 Å². The molecule has 0 radical (unpaired) electrons. The highest BCUT2D eigenvalue weighted by atomic mass is 35.5. The molecule has 2 aliphatic rings. The third kappa shape index (κ3) is 4.15. The Labute approximate surface area is 171 Å². The summed E-state index contributed by atoms with van der Waals surface area (Å²) in [4.78, 5) is 38.5. The minimum atomic E-state index is -0.725. The Balaban J connectivity index is 1.61. The van der Waals surface area contributed by atoms with Crippen molar-refractivity contribution in [2.45, 2.75) is 25.3 Å². The molecular formula is C18H19ClN4O4S. The lowest BCUT2D eigenvalue weighted by atomic mass is 10.0. The van der Waals surface area contributed by atoms with Gasteiger partial charge in [-0.1, -0.05) is 17.7 Å². The standard InChI is InChI=1S/C18H19ClN4O4S/c1-9-8-28-18-14(17(26)23(18)15(9)16(25)21-10(2)20)22-13(24)7-27-12-5-3-4-11(19)6-12/h3-6,14,18H,7-8H2,1-2H3,(H,22,24)(H2,20,21,25)/t14-,18-/m1/s1. The Bertz CT molecular complexity index is 888. The van der Waals surface area contributed by atoms with E-state index in [1.165, 1.54) is 23.6 Å². The second kappa shape index (κ2) is 8.24. The summed E-state index contributed by atoms with van der Waals surface area (Å²) in [6, 6.07) is 5.94. The molecule has 1 saturated heterocycles. The van der Waals surface area contributed by atoms with Crippen molar-refractivity contribution in [1.82, 2.24) is 15.5 Å². The summed E-state index contributed by atoms with van der Waals surface area (Å²) in [7, 11) is 0. The molecular weight excluding hydrogens is 404 g/mol. The highest BCUT2D eigenvalue weighted by molar-refractivity contribution is 8.00. The number of β-lactam (4-membered cyclic amide) rings is 1. The van der Waals surface area contributed by atoms with Crippen LogP contribution in [-0.2, 0) is 14.4 Å². The Morgan fingerprint density at radius 1 is 1.43 bits per heavy atom. The number of hydrogen-bond donors (Lipinski definition) is 3. The van der Waals surface area contributed by atoms with Crippen molar-refractivity contribution in [3.8, 4) is 5.75 Å². The Hall–Kier alpha value is -2.52. The van der Waals surface area contributed by atoms with Gasteiger partial charge in [0.05, 0.1) is 5.84 Å². The zero-order valence-electron chi connectivity index (χ0n) is 15.2. The van der Waals surface area contributed by atoms with Crippen LogP contribution >= 0.6 is 23.4 Å². The number of carbonyl (C=O) groups excluding carboxylic acids is 3. The third-order valence-corrected chi connectivity index (χ3v) is 5.82. The third-order valence-electron chi connectivity index (χ3n) is 4.16. The van der Waals surface area contributed by atoms with Gasteiger partial charge in [-0.2, -0.15) is 0 Å². The monoisotopic (exact) mass is 422 g/mol. The first-order valence-electron chi connectivity index (χ1n) is 8.46. The number of amidine groups is 1. The lowest BCUT2D eigenvalue weighted by Crippen LogP contribution is -2.71. The van der Waals surface area contributed by atoms with Crippen LogP contribution in [0.1, 0.15) is 13.8 Å². The van der Waals surface area contributed by atoms with Gasteiger partial charge in [0.2, 0.25) is 0 Å². The van der Waals surface area contributed by atoms with Crippen molar-refractivity contribution in [3.05, 3.63) is 40.6 Å². The summed E-state index contributed by atoms with van der Waals surface area (Å²) in [6.45, 7) is 2.97. The maximum Gasteiger partial charge on any atom is 0.273 e. The number of halogens is 1. The fourth-order valence-corrected chi connectivity index (χ4v) is 4.42. The molecule has 0 aliphatic carbocycles. The molecule has 2 atom stereocenters. The van der Waals surface area contributed by atoms with Crippen molar-refractivity contribution < 1.29 is 19.1 Å². The number of benzene rings is 1. The van der Waals surface area contributed by atoms with Crippen LogP contribution < -0.4 is 15.4 Å². The van der Waals surface area contributed by atoms with Gasteiger partial charge in [0, 0.05) is 10.8 Å². The second-order valence-corrected chi connectivity index (χ2v) is 7.95. The first-order chi connectivity index (χ1) is 13.3. The Kier molecular flexibility index (Phi) is 5.95. The first kappa shape index (κ1) is 20.2. The molecule has 1 aromatic carbocycles. The molecule has 0 aromatic heterocycles. The largest absolute Gasteiger partial charge is 0.484 e. The van der Waals surface area contributed by atoms with Crippen molar-refractivity contribution in [3.63, 3.8) is 0 Å². The van der Waals surface area contributed by atoms with E-state index >= 15 is 0 Å². The van der Waals surface area contributed by atoms with Gasteiger partial charge in [0.1, 0.15) is 22.9 Å². The molecule has 2 heterocycles. The van der Waals surface area contributed by atoms with E-state index in [9.17, 15) is 14.4 Å². The molecule has 0 unspecified atom stereocenters. The summed E-state index contributed by atoms with van der Waals surface area (Å²) in [6.07, 6.45) is 0. The predicted molar refractivity (Wildman–Crippen MR) is 106 cm³/mol. The zero-order chi connectivity index (χ0) is 20.4. The molecule has 28 heavy (non-hydrogen) atoms. The lowest BCUT2D eigenvalue weighted by molar-refractivity contribution is -0.148. The van der Waals surface area contributed by atoms with Crippen LogP contribution in [0.4, 0.5) is 0 Å². The molecule has 2 aliphatic heterocycles. The number of thioether (sulfide) groups is 1. The van der Waals surface area contributed by atoms with Crippen LogP contribution in [-0.4, -0.2) is 52.2 Å². The minimum absolute atomic E-state index is 0.00364. The number of nitrogens with one attached hydrogen (secondary N) is 3. The normalized spacial score (nSPS) is 20.8. The van der Waals surface area contributed by atoms with E-state index in [0.717, 1.165) is 5.57 Å². The number of rotatable bonds is 5. The van der Waals surface area contributed by atoms with E-state index in [2.05, 4.69) is 10.6 Å². The van der Waals surface area contributed by atoms with Gasteiger partial charge < -0.3 is 15.4 Å². The van der Waals surface area contributed by atoms with E-state index in [1.807, 2.05) is 0 Å². The molecule has 8 nitrogen and oxygen atoms in total. The summed E-state index contributed by atoms with van der Waals surface area (Å²) < 4.78 is 5.38. The summed E-state index contributed by atoms with van der Waals surface area (Å²) >= 11 is 7.34. The van der Waals surface area contributed by atoms with Gasteiger partial charge in [0.25, 0.3) is 17.7 Å². The Morgan fingerprint density at radius 3 is 2.86 bits per heavy atom. The van der Waals surface area contributed by atoms with E-state index in [0.29, 0.717) is 16.5 Å². The van der Waals surface area contributed by atoms with Gasteiger partial charge in [0.15, 0.2) is 6.61 Å². The molecule has 148 valence electrons. The van der Waals surface area contributed by atoms with Gasteiger partial charge >= 0.3 is 0 Å². The number of amides is 3. The predicted octanol–water partition coefficient (Wildman–Crippen LogP) is 1.51. The van der Waals surface area contributed by atoms with Crippen molar-refractivity contribution in [2.24, 2.45) is 0 Å². The number of carbonyl (C=O) groups is 3. The van der Waals surface area contributed by atoms with Crippen LogP contribution in [0.25, 0.3) is 0 Å². The number of ether oxygens (including phenoxy) is 1. The fourth-order valence-electron chi connectivity index (χ4n) is 2.94. The quantitative estimate of drug-likeness (QED) is 0.378. The van der Waals surface area contributed by atoms with Crippen molar-refractivity contribution >= 4 is 46.9 Å². The molecule has 3 N–H and O–H groups in total. The summed E-state index contributed by atoms with van der Waals surface area (Å²) in [5.41, 5.74) is 1.00. The molecule has 3 rings (SSSR count). The minimum Gasteiger partial charge on any atom is -0.484 e. The van der Waals surface area contributed by atoms with Gasteiger partial charge in [-0.15, -0.1) is 11.8 Å². The van der Waals surface area contributed by atoms with Crippen LogP contribution in [0.2, 0.25) is 5.02 Å². The second-order valence-electron chi connectivity index (χ2n) is 6.41. The molecule has 0 spiro atoms. The number of nitrogens with zero attached hydrogens (tertiary/aromatic N) is 1. The SMILES string of the molecule is CC(=N)NC(=O)C1=C(C)CS[C@@H]2[C@H](NC(=O)COc3cccc(Cl)c3)C(=O)N12. The van der Waals surface area contributed by atoms with E-state index in [1.54, 1.807) is 31.2 Å². The number of fused-ring (bicyclic) bond motifs is 1. The Morgan fingerprint density at radius 2 is 2.18 bits per heavy atom. The summed E-state index contributed by atoms with van der Waals surface area (Å²) in [5, 5.41) is 12.6. The average Bonchev–Trinajstić information content (AvgIpc) is 2.63. The smallest absolute Gasteiger partial charge is 0.273 e. The lowest BCUT2D eigenvalue weighted by Gasteiger charge is -2.49. The maximum atomic E-state index is 12.6. The van der Waals surface area contributed by atoms with Gasteiger partial charge in [-0.05, 0) is 37.6 Å². The molecule has 10 heteroatoms. The molecule has 3 amide bonds. The zero-order valence-corrected chi connectivity index (χ0v) is 16.8. The van der Waals surface area contributed by atoms with Crippen LogP contribution in [0.3, 0.4) is 0 Å². The summed E-state index contributed by atoms with van der Waals surface area (Å²) in [5.74, 6) is -0.282. The highest BCUT2D eigenvalue weighted by Crippen LogP contribution is 2.40. The molecule has 1 aromatic rings. The first-order valence-corrected chi connectivity index (χ1v) is 9.89. The maximum absolute atomic E-state index is 12.6. The van der Waals surface area contributed by atoms with Gasteiger partial charge in [-0.25, -0.2) is 0 Å². The van der Waals surface area contributed by atoms with E-state index in [4.69, 9.17) is 21.7 Å². The van der Waals surface area contributed by atoms with Gasteiger partial charge in [-0.3, -0.25) is 24.7 Å². The van der Waals surface area contributed by atoms with E-state index < -0.39 is 17.9 Å². The van der Waals surface area contributed by atoms with Crippen molar-refractivity contribution in [1.29, 1.82) is 5.41 Å².